The van der Waals surface area contributed by atoms with Crippen molar-refractivity contribution in [3.05, 3.63) is 33.8 Å². The zero-order valence-corrected chi connectivity index (χ0v) is 11.0. The highest BCUT2D eigenvalue weighted by atomic mass is 79.9. The highest BCUT2D eigenvalue weighted by molar-refractivity contribution is 9.09. The van der Waals surface area contributed by atoms with Gasteiger partial charge in [0, 0.05) is 15.4 Å². The van der Waals surface area contributed by atoms with E-state index < -0.39 is 0 Å². The number of halogens is 3. The van der Waals surface area contributed by atoms with E-state index in [1.807, 2.05) is 18.2 Å². The average molecular weight is 296 g/mol. The SMILES string of the molecule is Clc1cccc(Cl)c1CCCCCBr. The number of rotatable bonds is 5. The second-order valence-corrected chi connectivity index (χ2v) is 4.81. The standard InChI is InChI=1S/C11H13BrCl2/c12-8-3-1-2-5-9-10(13)6-4-7-11(9)14/h4,6-7H,1-3,5,8H2. The van der Waals surface area contributed by atoms with Crippen molar-refractivity contribution in [2.75, 3.05) is 5.33 Å². The van der Waals surface area contributed by atoms with Crippen LogP contribution in [0.1, 0.15) is 24.8 Å². The van der Waals surface area contributed by atoms with Crippen LogP contribution in [-0.2, 0) is 6.42 Å². The van der Waals surface area contributed by atoms with Crippen LogP contribution >= 0.6 is 39.1 Å². The summed E-state index contributed by atoms with van der Waals surface area (Å²) in [5.74, 6) is 0. The van der Waals surface area contributed by atoms with Gasteiger partial charge in [-0.1, -0.05) is 51.6 Å². The highest BCUT2D eigenvalue weighted by Crippen LogP contribution is 2.25. The van der Waals surface area contributed by atoms with Crippen molar-refractivity contribution < 1.29 is 0 Å². The quantitative estimate of drug-likeness (QED) is 0.523. The van der Waals surface area contributed by atoms with E-state index in [2.05, 4.69) is 15.9 Å². The first-order valence-corrected chi connectivity index (χ1v) is 6.62. The van der Waals surface area contributed by atoms with E-state index in [1.54, 1.807) is 0 Å². The summed E-state index contributed by atoms with van der Waals surface area (Å²) in [5, 5.41) is 2.65. The third-order valence-corrected chi connectivity index (χ3v) is 3.39. The molecule has 0 spiro atoms. The van der Waals surface area contributed by atoms with Gasteiger partial charge in [0.05, 0.1) is 0 Å². The van der Waals surface area contributed by atoms with Gasteiger partial charge in [-0.3, -0.25) is 0 Å². The van der Waals surface area contributed by atoms with Crippen molar-refractivity contribution >= 4 is 39.1 Å². The number of alkyl halides is 1. The van der Waals surface area contributed by atoms with Gasteiger partial charge in [-0.15, -0.1) is 0 Å². The lowest BCUT2D eigenvalue weighted by molar-refractivity contribution is 0.724. The Kier molecular flexibility index (Phi) is 5.92. The molecule has 78 valence electrons. The van der Waals surface area contributed by atoms with Crippen LogP contribution in [0.25, 0.3) is 0 Å². The normalized spacial score (nSPS) is 10.5. The fraction of sp³-hybridized carbons (Fsp3) is 0.455. The maximum Gasteiger partial charge on any atom is 0.0452 e. The van der Waals surface area contributed by atoms with Crippen LogP contribution in [0.4, 0.5) is 0 Å². The third kappa shape index (κ3) is 3.80. The molecule has 0 saturated carbocycles. The minimum absolute atomic E-state index is 0.788. The Morgan fingerprint density at radius 3 is 2.21 bits per heavy atom. The molecule has 3 heteroatoms. The summed E-state index contributed by atoms with van der Waals surface area (Å²) in [6.45, 7) is 0. The van der Waals surface area contributed by atoms with Gasteiger partial charge >= 0.3 is 0 Å². The predicted molar refractivity (Wildman–Crippen MR) is 67.8 cm³/mol. The van der Waals surface area contributed by atoms with E-state index in [-0.39, 0.29) is 0 Å². The summed E-state index contributed by atoms with van der Waals surface area (Å²) in [4.78, 5) is 0. The molecule has 0 aliphatic rings. The summed E-state index contributed by atoms with van der Waals surface area (Å²) in [7, 11) is 0. The molecule has 0 radical (unpaired) electrons. The number of unbranched alkanes of at least 4 members (excludes halogenated alkanes) is 2. The predicted octanol–water partition coefficient (Wildman–Crippen LogP) is 5.10. The minimum atomic E-state index is 0.788. The fourth-order valence-corrected chi connectivity index (χ4v) is 2.33. The molecular formula is C11H13BrCl2. The summed E-state index contributed by atoms with van der Waals surface area (Å²) in [5.41, 5.74) is 1.09. The van der Waals surface area contributed by atoms with Crippen LogP contribution in [0.15, 0.2) is 18.2 Å². The molecule has 0 aliphatic heterocycles. The molecule has 1 aromatic rings. The van der Waals surface area contributed by atoms with E-state index in [4.69, 9.17) is 23.2 Å². The molecule has 1 rings (SSSR count). The Hall–Kier alpha value is 0.280. The molecule has 0 fully saturated rings. The molecule has 0 heterocycles. The van der Waals surface area contributed by atoms with E-state index in [9.17, 15) is 0 Å². The Morgan fingerprint density at radius 2 is 1.64 bits per heavy atom. The van der Waals surface area contributed by atoms with Gasteiger partial charge in [0.15, 0.2) is 0 Å². The first-order valence-electron chi connectivity index (χ1n) is 4.74. The Bertz CT molecular complexity index is 266. The summed E-state index contributed by atoms with van der Waals surface area (Å²) < 4.78 is 0. The molecule has 0 N–H and O–H groups in total. The van der Waals surface area contributed by atoms with Gasteiger partial charge < -0.3 is 0 Å². The van der Waals surface area contributed by atoms with Crippen molar-refractivity contribution in [3.63, 3.8) is 0 Å². The molecule has 0 bridgehead atoms. The van der Waals surface area contributed by atoms with E-state index in [0.29, 0.717) is 0 Å². The van der Waals surface area contributed by atoms with Crippen molar-refractivity contribution in [3.8, 4) is 0 Å². The topological polar surface area (TPSA) is 0 Å². The van der Waals surface area contributed by atoms with Crippen LogP contribution in [-0.4, -0.2) is 5.33 Å². The second kappa shape index (κ2) is 6.71. The van der Waals surface area contributed by atoms with Gasteiger partial charge in [0.25, 0.3) is 0 Å². The minimum Gasteiger partial charge on any atom is -0.0928 e. The molecule has 0 aliphatic carbocycles. The molecule has 0 unspecified atom stereocenters. The lowest BCUT2D eigenvalue weighted by Crippen LogP contribution is -1.89. The van der Waals surface area contributed by atoms with Gasteiger partial charge in [0.2, 0.25) is 0 Å². The molecular weight excluding hydrogens is 283 g/mol. The van der Waals surface area contributed by atoms with Crippen molar-refractivity contribution in [1.29, 1.82) is 0 Å². The van der Waals surface area contributed by atoms with E-state index >= 15 is 0 Å². The van der Waals surface area contributed by atoms with Gasteiger partial charge in [-0.05, 0) is 37.0 Å². The van der Waals surface area contributed by atoms with Gasteiger partial charge in [0.1, 0.15) is 0 Å². The van der Waals surface area contributed by atoms with E-state index in [1.165, 1.54) is 12.8 Å². The van der Waals surface area contributed by atoms with Crippen molar-refractivity contribution in [2.24, 2.45) is 0 Å². The molecule has 0 aromatic heterocycles. The molecule has 14 heavy (non-hydrogen) atoms. The number of hydrogen-bond donors (Lipinski definition) is 0. The van der Waals surface area contributed by atoms with Crippen molar-refractivity contribution in [1.82, 2.24) is 0 Å². The Morgan fingerprint density at radius 1 is 1.00 bits per heavy atom. The fourth-order valence-electron chi connectivity index (χ4n) is 1.34. The zero-order valence-electron chi connectivity index (χ0n) is 7.90. The lowest BCUT2D eigenvalue weighted by Gasteiger charge is -2.05. The van der Waals surface area contributed by atoms with E-state index in [0.717, 1.165) is 33.8 Å². The molecule has 0 nitrogen and oxygen atoms in total. The maximum atomic E-state index is 6.05. The molecule has 1 aromatic carbocycles. The summed E-state index contributed by atoms with van der Waals surface area (Å²) in [6.07, 6.45) is 4.55. The average Bonchev–Trinajstić information content (AvgIpc) is 2.16. The van der Waals surface area contributed by atoms with Crippen LogP contribution in [0.5, 0.6) is 0 Å². The van der Waals surface area contributed by atoms with Crippen molar-refractivity contribution in [2.45, 2.75) is 25.7 Å². The summed E-state index contributed by atoms with van der Waals surface area (Å²) in [6, 6.07) is 5.67. The Labute approximate surface area is 104 Å². The number of benzene rings is 1. The van der Waals surface area contributed by atoms with Crippen LogP contribution in [0, 0.1) is 0 Å². The molecule has 0 saturated heterocycles. The smallest absolute Gasteiger partial charge is 0.0452 e. The van der Waals surface area contributed by atoms with Crippen LogP contribution in [0.3, 0.4) is 0 Å². The second-order valence-electron chi connectivity index (χ2n) is 3.20. The largest absolute Gasteiger partial charge is 0.0928 e. The van der Waals surface area contributed by atoms with Crippen LogP contribution < -0.4 is 0 Å². The monoisotopic (exact) mass is 294 g/mol. The highest BCUT2D eigenvalue weighted by Gasteiger charge is 2.04. The lowest BCUT2D eigenvalue weighted by atomic mass is 10.1. The molecule has 0 atom stereocenters. The molecule has 0 amide bonds. The van der Waals surface area contributed by atoms with Gasteiger partial charge in [-0.25, -0.2) is 0 Å². The maximum absolute atomic E-state index is 6.05. The number of hydrogen-bond acceptors (Lipinski definition) is 0. The zero-order chi connectivity index (χ0) is 10.4. The summed E-state index contributed by atoms with van der Waals surface area (Å²) >= 11 is 15.5. The first kappa shape index (κ1) is 12.4. The third-order valence-electron chi connectivity index (χ3n) is 2.12. The Balaban J connectivity index is 2.49. The van der Waals surface area contributed by atoms with Crippen LogP contribution in [0.2, 0.25) is 10.0 Å². The first-order chi connectivity index (χ1) is 6.75. The van der Waals surface area contributed by atoms with Gasteiger partial charge in [-0.2, -0.15) is 0 Å².